The molecule has 4 aromatic carbocycles. The maximum absolute atomic E-state index is 5.85. The van der Waals surface area contributed by atoms with E-state index in [0.717, 1.165) is 144 Å². The van der Waals surface area contributed by atoms with Crippen LogP contribution in [0.1, 0.15) is 81.5 Å². The Balaban J connectivity index is 0.000000556. The second kappa shape index (κ2) is 36.8. The van der Waals surface area contributed by atoms with Gasteiger partial charge in [-0.15, -0.1) is 24.8 Å². The van der Waals surface area contributed by atoms with E-state index in [0.29, 0.717) is 13.1 Å². The molecule has 66 heavy (non-hydrogen) atoms. The van der Waals surface area contributed by atoms with E-state index in [2.05, 4.69) is 108 Å². The Morgan fingerprint density at radius 1 is 0.485 bits per heavy atom. The van der Waals surface area contributed by atoms with Crippen LogP contribution < -0.4 is 41.0 Å². The molecule has 12 heteroatoms. The van der Waals surface area contributed by atoms with Crippen LogP contribution in [0.4, 0.5) is 0 Å². The molecule has 0 bridgehead atoms. The van der Waals surface area contributed by atoms with Gasteiger partial charge >= 0.3 is 0 Å². The number of ether oxygens (including phenoxy) is 4. The maximum Gasteiger partial charge on any atom is 0.119 e. The summed E-state index contributed by atoms with van der Waals surface area (Å²) in [6, 6.07) is 35.0. The Hall–Kier alpha value is -5.39. The summed E-state index contributed by atoms with van der Waals surface area (Å²) >= 11 is 0. The summed E-state index contributed by atoms with van der Waals surface area (Å²) in [6.45, 7) is 23.4. The van der Waals surface area contributed by atoms with E-state index in [1.165, 1.54) is 22.3 Å². The third-order valence-corrected chi connectivity index (χ3v) is 9.79. The van der Waals surface area contributed by atoms with Crippen molar-refractivity contribution in [1.29, 1.82) is 0 Å². The number of nitrogens with one attached hydrogen (secondary N) is 2. The zero-order valence-corrected chi connectivity index (χ0v) is 41.5. The third-order valence-electron chi connectivity index (χ3n) is 9.79. The molecular formula is C54H78Cl2N6O4. The van der Waals surface area contributed by atoms with Gasteiger partial charge < -0.3 is 41.0 Å². The minimum absolute atomic E-state index is 0. The highest BCUT2D eigenvalue weighted by Crippen LogP contribution is 2.17. The van der Waals surface area contributed by atoms with Gasteiger partial charge in [-0.1, -0.05) is 68.3 Å². The highest BCUT2D eigenvalue weighted by atomic mass is 35.5. The lowest BCUT2D eigenvalue weighted by molar-refractivity contribution is 0.279. The molecule has 0 unspecified atom stereocenters. The number of rotatable bonds is 29. The number of hydrogen-bond acceptors (Lipinski definition) is 9. The number of halogens is 2. The van der Waals surface area contributed by atoms with E-state index in [9.17, 15) is 0 Å². The standard InChI is InChI=1S/C27H38N2O2.C21H30N2O2.C6H8N2.2ClH/c1-22(2)28-18-16-24-8-12-26(13-9-24)30-20-6-5-7-21-31-27-14-10-25(11-15-27)17-19-29-23(3)4;22-14-12-18-4-8-20(9-5-18)24-16-2-1-3-17-25-21-10-6-19(7-11-21)13-15-23;1-6(2)8-5-3-4-7-8;;/h8-15,28-29H,1,3,5-7,16-21H2,2,4H3;4-11H,1-3,12-17,22-23H2;3-5H,1H2,2H3;2*1H. The van der Waals surface area contributed by atoms with Crippen molar-refractivity contribution in [3.63, 3.8) is 0 Å². The van der Waals surface area contributed by atoms with Crippen LogP contribution in [-0.4, -0.2) is 62.4 Å². The Morgan fingerprint density at radius 2 is 0.788 bits per heavy atom. The van der Waals surface area contributed by atoms with E-state index in [1.807, 2.05) is 57.3 Å². The van der Waals surface area contributed by atoms with Gasteiger partial charge in [-0.25, -0.2) is 4.68 Å². The molecule has 5 rings (SSSR count). The minimum atomic E-state index is 0. The molecule has 0 aliphatic carbocycles. The van der Waals surface area contributed by atoms with Crippen molar-refractivity contribution in [2.75, 3.05) is 52.6 Å². The number of unbranched alkanes of at least 4 members (excludes halogenated alkanes) is 4. The Kier molecular flexibility index (Phi) is 32.7. The quantitative estimate of drug-likeness (QED) is 0.0346. The van der Waals surface area contributed by atoms with Crippen LogP contribution in [-0.2, 0) is 25.7 Å². The van der Waals surface area contributed by atoms with Crippen molar-refractivity contribution in [1.82, 2.24) is 20.4 Å². The molecule has 0 saturated heterocycles. The van der Waals surface area contributed by atoms with E-state index >= 15 is 0 Å². The summed E-state index contributed by atoms with van der Waals surface area (Å²) in [7, 11) is 0. The molecule has 6 N–H and O–H groups in total. The fraction of sp³-hybridized carbons (Fsp3) is 0.389. The highest BCUT2D eigenvalue weighted by molar-refractivity contribution is 5.85. The van der Waals surface area contributed by atoms with E-state index < -0.39 is 0 Å². The number of benzene rings is 4. The van der Waals surface area contributed by atoms with Gasteiger partial charge in [-0.3, -0.25) is 0 Å². The average Bonchev–Trinajstić information content (AvgIpc) is 3.85. The van der Waals surface area contributed by atoms with Crippen LogP contribution in [0.15, 0.2) is 147 Å². The van der Waals surface area contributed by atoms with Crippen LogP contribution in [0.3, 0.4) is 0 Å². The first-order chi connectivity index (χ1) is 31.1. The van der Waals surface area contributed by atoms with Gasteiger partial charge in [-0.2, -0.15) is 5.10 Å². The lowest BCUT2D eigenvalue weighted by Crippen LogP contribution is -2.13. The predicted molar refractivity (Wildman–Crippen MR) is 282 cm³/mol. The SMILES string of the molecule is C=C(C)NCCc1ccc(OCCCCCOc2ccc(CCNC(=C)C)cc2)cc1.C=C(C)n1cccn1.Cl.Cl.NCCc1ccc(OCCCCCOc2ccc(CCN)cc2)cc1. The molecule has 0 aliphatic heterocycles. The lowest BCUT2D eigenvalue weighted by atomic mass is 10.1. The van der Waals surface area contributed by atoms with Crippen molar-refractivity contribution in [2.45, 2.75) is 85.0 Å². The fourth-order valence-corrected chi connectivity index (χ4v) is 6.20. The summed E-state index contributed by atoms with van der Waals surface area (Å²) in [5.74, 6) is 3.72. The predicted octanol–water partition coefficient (Wildman–Crippen LogP) is 11.2. The molecule has 0 aliphatic rings. The molecule has 1 aromatic heterocycles. The molecule has 0 amide bonds. The molecule has 0 fully saturated rings. The number of nitrogens with two attached hydrogens (primary N) is 2. The summed E-state index contributed by atoms with van der Waals surface area (Å²) in [5.41, 5.74) is 19.2. The van der Waals surface area contributed by atoms with Crippen LogP contribution in [0.2, 0.25) is 0 Å². The summed E-state index contributed by atoms with van der Waals surface area (Å²) in [6.07, 6.45) is 13.7. The molecule has 0 atom stereocenters. The van der Waals surface area contributed by atoms with Gasteiger partial charge in [-0.05, 0) is 175 Å². The lowest BCUT2D eigenvalue weighted by Gasteiger charge is -2.09. The Morgan fingerprint density at radius 3 is 1.02 bits per heavy atom. The second-order valence-electron chi connectivity index (χ2n) is 15.8. The topological polar surface area (TPSA) is 131 Å². The van der Waals surface area contributed by atoms with Crippen molar-refractivity contribution in [2.24, 2.45) is 11.5 Å². The number of nitrogens with zero attached hydrogens (tertiary/aromatic N) is 2. The second-order valence-corrected chi connectivity index (χ2v) is 15.8. The zero-order valence-electron chi connectivity index (χ0n) is 39.8. The van der Waals surface area contributed by atoms with E-state index in [1.54, 1.807) is 10.9 Å². The van der Waals surface area contributed by atoms with Gasteiger partial charge in [0.2, 0.25) is 0 Å². The first-order valence-corrected chi connectivity index (χ1v) is 22.9. The van der Waals surface area contributed by atoms with Crippen LogP contribution >= 0.6 is 24.8 Å². The van der Waals surface area contributed by atoms with Gasteiger partial charge in [0.05, 0.1) is 26.4 Å². The smallest absolute Gasteiger partial charge is 0.119 e. The summed E-state index contributed by atoms with van der Waals surface area (Å²) < 4.78 is 24.9. The van der Waals surface area contributed by atoms with Gasteiger partial charge in [0.15, 0.2) is 0 Å². The number of hydrogen-bond donors (Lipinski definition) is 4. The summed E-state index contributed by atoms with van der Waals surface area (Å²) in [4.78, 5) is 0. The molecule has 0 saturated carbocycles. The summed E-state index contributed by atoms with van der Waals surface area (Å²) in [5, 5.41) is 10.4. The number of aromatic nitrogens is 2. The first kappa shape index (κ1) is 58.6. The molecule has 0 radical (unpaired) electrons. The normalized spacial score (nSPS) is 10.0. The van der Waals surface area contributed by atoms with Crippen molar-refractivity contribution < 1.29 is 18.9 Å². The number of allylic oxidation sites excluding steroid dienone is 3. The molecule has 362 valence electrons. The van der Waals surface area contributed by atoms with Gasteiger partial charge in [0.1, 0.15) is 23.0 Å². The zero-order chi connectivity index (χ0) is 46.0. The molecule has 1 heterocycles. The largest absolute Gasteiger partial charge is 0.494 e. The average molecular weight is 946 g/mol. The van der Waals surface area contributed by atoms with Gasteiger partial charge in [0, 0.05) is 42.6 Å². The van der Waals surface area contributed by atoms with Crippen molar-refractivity contribution in [3.05, 3.63) is 169 Å². The van der Waals surface area contributed by atoms with Crippen molar-refractivity contribution >= 4 is 30.5 Å². The Bertz CT molecular complexity index is 1850. The first-order valence-electron chi connectivity index (χ1n) is 22.9. The van der Waals surface area contributed by atoms with Gasteiger partial charge in [0.25, 0.3) is 0 Å². The highest BCUT2D eigenvalue weighted by Gasteiger charge is 2.01. The van der Waals surface area contributed by atoms with Crippen molar-refractivity contribution in [3.8, 4) is 23.0 Å². The molecule has 10 nitrogen and oxygen atoms in total. The van der Waals surface area contributed by atoms with Crippen LogP contribution in [0.5, 0.6) is 23.0 Å². The van der Waals surface area contributed by atoms with Crippen LogP contribution in [0, 0.1) is 0 Å². The molecule has 0 spiro atoms. The Labute approximate surface area is 409 Å². The third kappa shape index (κ3) is 27.8. The minimum Gasteiger partial charge on any atom is -0.494 e. The fourth-order valence-electron chi connectivity index (χ4n) is 6.20. The maximum atomic E-state index is 5.85. The van der Waals surface area contributed by atoms with E-state index in [4.69, 9.17) is 30.4 Å². The van der Waals surface area contributed by atoms with Crippen LogP contribution in [0.25, 0.3) is 5.70 Å². The molecular weight excluding hydrogens is 868 g/mol. The molecule has 5 aromatic rings. The monoisotopic (exact) mass is 945 g/mol. The van der Waals surface area contributed by atoms with E-state index in [-0.39, 0.29) is 24.8 Å².